The smallest absolute Gasteiger partial charge is 0.244 e. The van der Waals surface area contributed by atoms with E-state index in [2.05, 4.69) is 5.32 Å². The lowest BCUT2D eigenvalue weighted by Crippen LogP contribution is -2.38. The first-order valence-electron chi connectivity index (χ1n) is 11.1. The van der Waals surface area contributed by atoms with Crippen LogP contribution in [0.2, 0.25) is 0 Å². The van der Waals surface area contributed by atoms with Crippen molar-refractivity contribution in [3.63, 3.8) is 0 Å². The van der Waals surface area contributed by atoms with Gasteiger partial charge in [0.15, 0.2) is 21.3 Å². The maximum absolute atomic E-state index is 13.7. The molecule has 0 saturated carbocycles. The molecule has 2 aliphatic heterocycles. The highest BCUT2D eigenvalue weighted by Crippen LogP contribution is 2.43. The van der Waals surface area contributed by atoms with Crippen LogP contribution in [-0.2, 0) is 19.4 Å². The van der Waals surface area contributed by atoms with Gasteiger partial charge in [-0.2, -0.15) is 0 Å². The Hall–Kier alpha value is -3.85. The number of anilines is 2. The number of ether oxygens (including phenoxy) is 2. The second-order valence-corrected chi connectivity index (χ2v) is 10.8. The first-order valence-corrected chi connectivity index (χ1v) is 12.7. The fraction of sp³-hybridized carbons (Fsp3) is 0.231. The number of nitrogens with one attached hydrogen (secondary N) is 1. The van der Waals surface area contributed by atoms with E-state index in [9.17, 15) is 18.0 Å². The molecule has 1 N–H and O–H groups in total. The first kappa shape index (κ1) is 22.9. The molecule has 0 radical (unpaired) electrons. The van der Waals surface area contributed by atoms with Crippen LogP contribution >= 0.6 is 0 Å². The molecule has 8 nitrogen and oxygen atoms in total. The van der Waals surface area contributed by atoms with Crippen LogP contribution in [0.5, 0.6) is 11.5 Å². The van der Waals surface area contributed by atoms with Gasteiger partial charge in [-0.25, -0.2) is 8.42 Å². The minimum absolute atomic E-state index is 0.00725. The molecule has 0 bridgehead atoms. The predicted molar refractivity (Wildman–Crippen MR) is 130 cm³/mol. The van der Waals surface area contributed by atoms with Gasteiger partial charge in [0.2, 0.25) is 18.6 Å². The minimum Gasteiger partial charge on any atom is -0.454 e. The highest BCUT2D eigenvalue weighted by atomic mass is 32.2. The highest BCUT2D eigenvalue weighted by Gasteiger charge is 2.40. The minimum atomic E-state index is -3.95. The molecular weight excluding hydrogens is 468 g/mol. The van der Waals surface area contributed by atoms with E-state index in [1.165, 1.54) is 11.0 Å². The van der Waals surface area contributed by atoms with Crippen molar-refractivity contribution in [2.45, 2.75) is 30.4 Å². The van der Waals surface area contributed by atoms with Gasteiger partial charge in [0.05, 0.1) is 15.8 Å². The highest BCUT2D eigenvalue weighted by molar-refractivity contribution is 7.92. The third-order valence-corrected chi connectivity index (χ3v) is 8.37. The molecule has 1 unspecified atom stereocenters. The van der Waals surface area contributed by atoms with Gasteiger partial charge < -0.3 is 19.7 Å². The van der Waals surface area contributed by atoms with Gasteiger partial charge in [-0.15, -0.1) is 0 Å². The standard InChI is InChI=1S/C26H24N2O6S/c1-16-7-9-19(17(2)11-16)27-25(29)14-28-20-5-3-4-6-23(20)35(31,32)24(13-26(28)30)18-8-10-21-22(12-18)34-15-33-21/h3-12,24H,13-15H2,1-2H3,(H,27,29). The normalized spacial score (nSPS) is 18.1. The maximum atomic E-state index is 13.7. The molecule has 0 spiro atoms. The largest absolute Gasteiger partial charge is 0.454 e. The van der Waals surface area contributed by atoms with Gasteiger partial charge in [0, 0.05) is 12.1 Å². The van der Waals surface area contributed by atoms with Crippen LogP contribution in [0.15, 0.2) is 65.6 Å². The predicted octanol–water partition coefficient (Wildman–Crippen LogP) is 3.92. The zero-order chi connectivity index (χ0) is 24.7. The molecule has 2 heterocycles. The van der Waals surface area contributed by atoms with Crippen LogP contribution in [0.4, 0.5) is 11.4 Å². The molecule has 3 aromatic rings. The molecule has 2 aliphatic rings. The molecule has 1 atom stereocenters. The first-order chi connectivity index (χ1) is 16.7. The van der Waals surface area contributed by atoms with E-state index in [-0.39, 0.29) is 30.3 Å². The number of para-hydroxylation sites is 1. The molecule has 0 fully saturated rings. The summed E-state index contributed by atoms with van der Waals surface area (Å²) in [5.74, 6) is 0.0829. The number of aryl methyl sites for hydroxylation is 2. The van der Waals surface area contributed by atoms with Gasteiger partial charge in [-0.3, -0.25) is 9.59 Å². The van der Waals surface area contributed by atoms with E-state index in [1.54, 1.807) is 42.5 Å². The van der Waals surface area contributed by atoms with Gasteiger partial charge in [-0.05, 0) is 55.3 Å². The Bertz CT molecular complexity index is 1450. The molecular formula is C26H24N2O6S. The fourth-order valence-corrected chi connectivity index (χ4v) is 6.37. The van der Waals surface area contributed by atoms with Crippen molar-refractivity contribution in [3.8, 4) is 11.5 Å². The lowest BCUT2D eigenvalue weighted by atomic mass is 10.1. The second kappa shape index (κ2) is 8.74. The fourth-order valence-electron chi connectivity index (χ4n) is 4.46. The van der Waals surface area contributed by atoms with E-state index >= 15 is 0 Å². The molecule has 180 valence electrons. The SMILES string of the molecule is Cc1ccc(NC(=O)CN2C(=O)CC(c3ccc4c(c3)OCO4)S(=O)(=O)c3ccccc32)c(C)c1. The van der Waals surface area contributed by atoms with E-state index < -0.39 is 26.9 Å². The monoisotopic (exact) mass is 492 g/mol. The van der Waals surface area contributed by atoms with Crippen molar-refractivity contribution in [3.05, 3.63) is 77.4 Å². The Labute approximate surface area is 203 Å². The Balaban J connectivity index is 1.49. The van der Waals surface area contributed by atoms with E-state index in [0.29, 0.717) is 22.7 Å². The van der Waals surface area contributed by atoms with Crippen LogP contribution in [0.25, 0.3) is 0 Å². The Morgan fingerprint density at radius 2 is 1.80 bits per heavy atom. The van der Waals surface area contributed by atoms with E-state index in [4.69, 9.17) is 9.47 Å². The van der Waals surface area contributed by atoms with E-state index in [0.717, 1.165) is 11.1 Å². The molecule has 0 saturated heterocycles. The summed E-state index contributed by atoms with van der Waals surface area (Å²) in [7, 11) is -3.95. The molecule has 0 aliphatic carbocycles. The molecule has 5 rings (SSSR count). The number of nitrogens with zero attached hydrogens (tertiary/aromatic N) is 1. The van der Waals surface area contributed by atoms with Crippen molar-refractivity contribution in [1.82, 2.24) is 0 Å². The summed E-state index contributed by atoms with van der Waals surface area (Å²) in [5, 5.41) is 1.71. The summed E-state index contributed by atoms with van der Waals surface area (Å²) in [6.45, 7) is 3.59. The molecule has 3 aromatic carbocycles. The van der Waals surface area contributed by atoms with Crippen molar-refractivity contribution in [2.24, 2.45) is 0 Å². The number of rotatable bonds is 4. The zero-order valence-electron chi connectivity index (χ0n) is 19.3. The summed E-state index contributed by atoms with van der Waals surface area (Å²) in [6.07, 6.45) is -0.312. The maximum Gasteiger partial charge on any atom is 0.244 e. The lowest BCUT2D eigenvalue weighted by molar-refractivity contribution is -0.121. The Kier molecular flexibility index (Phi) is 5.72. The number of carbonyl (C=O) groups excluding carboxylic acids is 2. The number of amides is 2. The summed E-state index contributed by atoms with van der Waals surface area (Å²) >= 11 is 0. The van der Waals surface area contributed by atoms with Crippen LogP contribution in [0.1, 0.15) is 28.4 Å². The van der Waals surface area contributed by atoms with Crippen LogP contribution in [0, 0.1) is 13.8 Å². The van der Waals surface area contributed by atoms with Crippen LogP contribution in [-0.4, -0.2) is 33.6 Å². The number of benzene rings is 3. The average molecular weight is 493 g/mol. The average Bonchev–Trinajstić information content (AvgIpc) is 3.28. The number of sulfone groups is 1. The summed E-state index contributed by atoms with van der Waals surface area (Å²) in [5.41, 5.74) is 3.22. The van der Waals surface area contributed by atoms with E-state index in [1.807, 2.05) is 26.0 Å². The van der Waals surface area contributed by atoms with Crippen molar-refractivity contribution < 1.29 is 27.5 Å². The Morgan fingerprint density at radius 3 is 2.60 bits per heavy atom. The summed E-state index contributed by atoms with van der Waals surface area (Å²) in [6, 6.07) is 16.8. The second-order valence-electron chi connectivity index (χ2n) is 8.66. The number of hydrogen-bond donors (Lipinski definition) is 1. The molecule has 0 aromatic heterocycles. The van der Waals surface area contributed by atoms with Gasteiger partial charge in [0.1, 0.15) is 6.54 Å². The summed E-state index contributed by atoms with van der Waals surface area (Å²) in [4.78, 5) is 27.6. The number of fused-ring (bicyclic) bond motifs is 2. The topological polar surface area (TPSA) is 102 Å². The van der Waals surface area contributed by atoms with Crippen LogP contribution < -0.4 is 19.7 Å². The third kappa shape index (κ3) is 4.23. The lowest BCUT2D eigenvalue weighted by Gasteiger charge is -2.22. The molecule has 9 heteroatoms. The quantitative estimate of drug-likeness (QED) is 0.592. The van der Waals surface area contributed by atoms with Crippen molar-refractivity contribution in [1.29, 1.82) is 0 Å². The summed E-state index contributed by atoms with van der Waals surface area (Å²) < 4.78 is 38.2. The van der Waals surface area contributed by atoms with Gasteiger partial charge in [0.25, 0.3) is 0 Å². The zero-order valence-corrected chi connectivity index (χ0v) is 20.1. The molecule has 35 heavy (non-hydrogen) atoms. The third-order valence-electron chi connectivity index (χ3n) is 6.22. The molecule has 2 amide bonds. The Morgan fingerprint density at radius 1 is 1.03 bits per heavy atom. The van der Waals surface area contributed by atoms with Crippen molar-refractivity contribution >= 4 is 33.0 Å². The van der Waals surface area contributed by atoms with Crippen molar-refractivity contribution in [2.75, 3.05) is 23.6 Å². The van der Waals surface area contributed by atoms with Crippen LogP contribution in [0.3, 0.4) is 0 Å². The number of hydrogen-bond acceptors (Lipinski definition) is 6. The number of carbonyl (C=O) groups is 2. The van der Waals surface area contributed by atoms with Gasteiger partial charge >= 0.3 is 0 Å². The van der Waals surface area contributed by atoms with Gasteiger partial charge in [-0.1, -0.05) is 35.9 Å².